The van der Waals surface area contributed by atoms with Gasteiger partial charge in [-0.1, -0.05) is 0 Å². The van der Waals surface area contributed by atoms with Crippen molar-refractivity contribution >= 4 is 27.6 Å². The summed E-state index contributed by atoms with van der Waals surface area (Å²) in [5.41, 5.74) is 0.589. The van der Waals surface area contributed by atoms with Crippen LogP contribution < -0.4 is 15.0 Å². The van der Waals surface area contributed by atoms with E-state index in [1.165, 1.54) is 18.6 Å². The molecule has 0 bridgehead atoms. The summed E-state index contributed by atoms with van der Waals surface area (Å²) in [6.07, 6.45) is 3.43. The zero-order valence-electron chi connectivity index (χ0n) is 17.0. The lowest BCUT2D eigenvalue weighted by molar-refractivity contribution is -0.124. The molecule has 4 N–H and O–H groups in total. The van der Waals surface area contributed by atoms with Crippen LogP contribution in [0.25, 0.3) is 17.5 Å². The zero-order valence-corrected chi connectivity index (χ0v) is 17.8. The lowest BCUT2D eigenvalue weighted by Gasteiger charge is -2.38. The maximum absolute atomic E-state index is 12.5. The number of hydrogen-bond donors (Lipinski definition) is 3. The molecule has 0 saturated carbocycles. The molecule has 1 aliphatic heterocycles. The number of anilines is 1. The molecular formula is C18H24F2N7O3S+. The van der Waals surface area contributed by atoms with Crippen LogP contribution in [0.5, 0.6) is 0 Å². The van der Waals surface area contributed by atoms with Gasteiger partial charge < -0.3 is 14.6 Å². The Labute approximate surface area is 178 Å². The number of rotatable bonds is 8. The molecule has 168 valence electrons. The predicted octanol–water partition coefficient (Wildman–Crippen LogP) is -0.512. The summed E-state index contributed by atoms with van der Waals surface area (Å²) in [4.78, 5) is 17.7. The van der Waals surface area contributed by atoms with Gasteiger partial charge in [-0.15, -0.1) is 0 Å². The zero-order chi connectivity index (χ0) is 22.6. The van der Waals surface area contributed by atoms with Crippen LogP contribution in [-0.2, 0) is 14.8 Å². The van der Waals surface area contributed by atoms with Gasteiger partial charge in [0, 0.05) is 25.2 Å². The number of morpholine rings is 1. The lowest BCUT2D eigenvalue weighted by Crippen LogP contribution is -2.52. The maximum atomic E-state index is 12.5. The highest BCUT2D eigenvalue weighted by Gasteiger charge is 2.28. The molecule has 31 heavy (non-hydrogen) atoms. The normalized spacial score (nSPS) is 20.0. The monoisotopic (exact) mass is 456 g/mol. The van der Waals surface area contributed by atoms with Gasteiger partial charge >= 0.3 is 6.43 Å². The highest BCUT2D eigenvalue weighted by atomic mass is 32.2. The molecule has 1 fully saturated rings. The highest BCUT2D eigenvalue weighted by Crippen LogP contribution is 2.23. The van der Waals surface area contributed by atoms with E-state index in [-0.39, 0.29) is 18.7 Å². The van der Waals surface area contributed by atoms with Crippen molar-refractivity contribution in [3.05, 3.63) is 30.5 Å². The van der Waals surface area contributed by atoms with Gasteiger partial charge in [0.05, 0.1) is 42.6 Å². The third-order valence-electron chi connectivity index (χ3n) is 4.58. The summed E-state index contributed by atoms with van der Waals surface area (Å²) in [5.74, 6) is 0.998. The number of halogens is 2. The molecule has 2 aromatic rings. The van der Waals surface area contributed by atoms with Crippen LogP contribution in [0.15, 0.2) is 24.7 Å². The number of nitrogens with two attached hydrogens (primary N) is 1. The number of hydrogen-bond acceptors (Lipinski definition) is 7. The molecule has 3 heterocycles. The molecule has 0 aliphatic carbocycles. The second-order valence-corrected chi connectivity index (χ2v) is 8.99. The molecule has 13 heteroatoms. The number of nitrogens with one attached hydrogen (secondary N) is 2. The third-order valence-corrected chi connectivity index (χ3v) is 5.27. The molecule has 2 atom stereocenters. The molecule has 0 spiro atoms. The number of H-pyrrole nitrogens is 1. The van der Waals surface area contributed by atoms with E-state index in [1.807, 2.05) is 11.8 Å². The first-order valence-electron chi connectivity index (χ1n) is 9.41. The first kappa shape index (κ1) is 22.9. The maximum Gasteiger partial charge on any atom is 0.320 e. The minimum Gasteiger partial charge on any atom is -0.373 e. The molecule has 2 aromatic heterocycles. The van der Waals surface area contributed by atoms with Crippen molar-refractivity contribution in [2.24, 2.45) is 0 Å². The number of ether oxygens (including phenoxy) is 1. The fourth-order valence-electron chi connectivity index (χ4n) is 2.96. The number of imidazole rings is 1. The largest absolute Gasteiger partial charge is 0.373 e. The van der Waals surface area contributed by atoms with E-state index in [4.69, 9.17) is 10.1 Å². The fraction of sp³-hybridized carbons (Fsp3) is 0.444. The van der Waals surface area contributed by atoms with Crippen molar-refractivity contribution < 1.29 is 27.3 Å². The number of allylic oxidation sites excluding steroid dienone is 1. The molecular weight excluding hydrogens is 432 g/mol. The van der Waals surface area contributed by atoms with E-state index in [1.54, 1.807) is 6.07 Å². The van der Waals surface area contributed by atoms with E-state index in [9.17, 15) is 17.2 Å². The van der Waals surface area contributed by atoms with Crippen LogP contribution in [0.1, 0.15) is 12.7 Å². The van der Waals surface area contributed by atoms with Gasteiger partial charge in [0.2, 0.25) is 15.7 Å². The van der Waals surface area contributed by atoms with Crippen molar-refractivity contribution in [2.45, 2.75) is 25.5 Å². The number of nitrogens with zero attached hydrogens (tertiary/aromatic N) is 4. The number of aromatic amines is 1. The molecule has 0 amide bonds. The van der Waals surface area contributed by atoms with Crippen LogP contribution in [0.4, 0.5) is 14.6 Å². The van der Waals surface area contributed by atoms with E-state index in [0.29, 0.717) is 36.2 Å². The van der Waals surface area contributed by atoms with Crippen molar-refractivity contribution in [2.75, 3.05) is 30.9 Å². The van der Waals surface area contributed by atoms with Crippen LogP contribution in [0, 0.1) is 0 Å². The number of aromatic nitrogens is 4. The van der Waals surface area contributed by atoms with Gasteiger partial charge in [0.25, 0.3) is 0 Å². The van der Waals surface area contributed by atoms with Crippen LogP contribution in [-0.4, -0.2) is 78.6 Å². The summed E-state index contributed by atoms with van der Waals surface area (Å²) < 4.78 is 55.8. The fourth-order valence-corrected chi connectivity index (χ4v) is 3.44. The molecule has 1 aliphatic rings. The summed E-state index contributed by atoms with van der Waals surface area (Å²) >= 11 is 0. The standard InChI is InChI=1S/C18H23F2N7O3S/c1-11-9-30-12(6-25-31(2,28)29)8-27(11)17-5-14(23-10-24-17)15-7-22-16(26-15)4-3-13(21)18(19)20/h3-5,7,10-12,18,21,25H,6,8-9H2,1-2H3,(H,22,26)/p+1/b4-3-,21-13?/t11-,12-/m1/s1. The SMILES string of the molecule is C[C@@H]1CO[C@H](CNS(C)(=O)=O)CN1c1cc(-c2cnc(/C=C\C(=[NH2+])C(F)F)[nH]2)ncn1. The van der Waals surface area contributed by atoms with Crippen LogP contribution in [0.2, 0.25) is 0 Å². The summed E-state index contributed by atoms with van der Waals surface area (Å²) in [6, 6.07) is 1.79. The van der Waals surface area contributed by atoms with E-state index in [0.717, 1.165) is 12.3 Å². The number of sulfonamides is 1. The lowest BCUT2D eigenvalue weighted by atomic mass is 10.2. The number of alkyl halides is 2. The van der Waals surface area contributed by atoms with E-state index >= 15 is 0 Å². The Morgan fingerprint density at radius 1 is 1.45 bits per heavy atom. The van der Waals surface area contributed by atoms with Crippen LogP contribution >= 0.6 is 0 Å². The minimum absolute atomic E-state index is 0.0188. The van der Waals surface area contributed by atoms with Crippen molar-refractivity contribution in [1.29, 1.82) is 0 Å². The summed E-state index contributed by atoms with van der Waals surface area (Å²) in [6.45, 7) is 3.00. The van der Waals surface area contributed by atoms with E-state index in [2.05, 4.69) is 24.7 Å². The summed E-state index contributed by atoms with van der Waals surface area (Å²) in [7, 11) is -3.32. The second kappa shape index (κ2) is 9.58. The summed E-state index contributed by atoms with van der Waals surface area (Å²) in [5, 5.41) is 5.22. The van der Waals surface area contributed by atoms with Gasteiger partial charge in [0.1, 0.15) is 18.0 Å². The minimum atomic E-state index is -3.32. The molecule has 3 rings (SSSR count). The Kier molecular flexibility index (Phi) is 7.08. The molecule has 10 nitrogen and oxygen atoms in total. The Hall–Kier alpha value is -2.77. The highest BCUT2D eigenvalue weighted by molar-refractivity contribution is 7.88. The Morgan fingerprint density at radius 2 is 2.23 bits per heavy atom. The van der Waals surface area contributed by atoms with Gasteiger partial charge in [-0.3, -0.25) is 5.41 Å². The van der Waals surface area contributed by atoms with E-state index < -0.39 is 22.2 Å². The Balaban J connectivity index is 1.74. The predicted molar refractivity (Wildman–Crippen MR) is 111 cm³/mol. The Bertz CT molecular complexity index is 1060. The topological polar surface area (TPSA) is 139 Å². The van der Waals surface area contributed by atoms with Gasteiger partial charge in [-0.2, -0.15) is 8.78 Å². The van der Waals surface area contributed by atoms with Crippen molar-refractivity contribution in [3.63, 3.8) is 0 Å². The molecule has 0 aromatic carbocycles. The van der Waals surface area contributed by atoms with Gasteiger partial charge in [-0.05, 0) is 13.0 Å². The second-order valence-electron chi connectivity index (χ2n) is 7.15. The smallest absolute Gasteiger partial charge is 0.320 e. The third kappa shape index (κ3) is 6.35. The quantitative estimate of drug-likeness (QED) is 0.455. The molecule has 0 unspecified atom stereocenters. The Morgan fingerprint density at radius 3 is 2.94 bits per heavy atom. The first-order chi connectivity index (χ1) is 14.6. The van der Waals surface area contributed by atoms with Gasteiger partial charge in [0.15, 0.2) is 0 Å². The van der Waals surface area contributed by atoms with Crippen LogP contribution in [0.3, 0.4) is 0 Å². The van der Waals surface area contributed by atoms with Gasteiger partial charge in [-0.25, -0.2) is 28.1 Å². The van der Waals surface area contributed by atoms with Crippen molar-refractivity contribution in [1.82, 2.24) is 24.7 Å². The molecule has 1 saturated heterocycles. The molecule has 0 radical (unpaired) electrons. The first-order valence-corrected chi connectivity index (χ1v) is 11.3. The average molecular weight is 456 g/mol. The average Bonchev–Trinajstić information content (AvgIpc) is 3.20. The van der Waals surface area contributed by atoms with Crippen molar-refractivity contribution in [3.8, 4) is 11.4 Å².